The second-order valence-corrected chi connectivity index (χ2v) is 8.83. The molecule has 6 nitrogen and oxygen atoms in total. The van der Waals surface area contributed by atoms with Crippen LogP contribution < -0.4 is 4.74 Å². The number of halogens is 1. The maximum Gasteiger partial charge on any atom is 0.255 e. The lowest BCUT2D eigenvalue weighted by Gasteiger charge is -2.47. The van der Waals surface area contributed by atoms with Gasteiger partial charge in [0.1, 0.15) is 11.9 Å². The number of hydrogen-bond donors (Lipinski definition) is 0. The number of carbonyl (C=O) groups is 1. The normalized spacial score (nSPS) is 27.8. The summed E-state index contributed by atoms with van der Waals surface area (Å²) in [5.41, 5.74) is 2.08. The number of aryl methyl sites for hydroxylation is 1. The number of rotatable bonds is 4. The molecule has 2 aliphatic carbocycles. The Kier molecular flexibility index (Phi) is 3.91. The topological polar surface area (TPSA) is 68.2 Å². The smallest absolute Gasteiger partial charge is 0.255 e. The zero-order chi connectivity index (χ0) is 21.2. The number of likely N-dealkylation sites (tertiary alicyclic amines) is 1. The highest BCUT2D eigenvalue weighted by Crippen LogP contribution is 2.71. The van der Waals surface area contributed by atoms with E-state index in [0.29, 0.717) is 35.3 Å². The highest BCUT2D eigenvalue weighted by Gasteiger charge is 2.76. The first-order valence-electron chi connectivity index (χ1n) is 10.5. The number of ether oxygens (including phenoxy) is 1. The second kappa shape index (κ2) is 6.57. The van der Waals surface area contributed by atoms with Crippen molar-refractivity contribution in [1.29, 1.82) is 0 Å². The molecule has 3 aliphatic rings. The zero-order valence-corrected chi connectivity index (χ0v) is 17.0. The number of nitrogens with zero attached hydrogens (tertiary/aromatic N) is 4. The predicted molar refractivity (Wildman–Crippen MR) is 111 cm³/mol. The van der Waals surface area contributed by atoms with Crippen LogP contribution in [0, 0.1) is 24.1 Å². The van der Waals surface area contributed by atoms with Crippen LogP contribution >= 0.6 is 0 Å². The van der Waals surface area contributed by atoms with Crippen LogP contribution in [0.5, 0.6) is 5.88 Å². The highest BCUT2D eigenvalue weighted by atomic mass is 19.1. The Balaban J connectivity index is 1.30. The summed E-state index contributed by atoms with van der Waals surface area (Å²) in [4.78, 5) is 28.3. The fourth-order valence-corrected chi connectivity index (χ4v) is 5.41. The molecule has 2 aromatic heterocycles. The summed E-state index contributed by atoms with van der Waals surface area (Å²) in [6, 6.07) is 9.74. The molecule has 31 heavy (non-hydrogen) atoms. The molecule has 2 saturated carbocycles. The molecule has 3 heterocycles. The van der Waals surface area contributed by atoms with Crippen molar-refractivity contribution in [1.82, 2.24) is 19.9 Å². The molecule has 0 bridgehead atoms. The summed E-state index contributed by atoms with van der Waals surface area (Å²) in [6.07, 6.45) is 6.97. The van der Waals surface area contributed by atoms with E-state index in [2.05, 4.69) is 15.0 Å². The second-order valence-electron chi connectivity index (χ2n) is 8.83. The van der Waals surface area contributed by atoms with Gasteiger partial charge in [-0.2, -0.15) is 0 Å². The van der Waals surface area contributed by atoms with Gasteiger partial charge in [-0.15, -0.1) is 0 Å². The Morgan fingerprint density at radius 3 is 2.77 bits per heavy atom. The van der Waals surface area contributed by atoms with E-state index < -0.39 is 5.82 Å². The van der Waals surface area contributed by atoms with Crippen molar-refractivity contribution in [3.63, 3.8) is 0 Å². The first-order chi connectivity index (χ1) is 15.0. The van der Waals surface area contributed by atoms with Crippen LogP contribution in [0.2, 0.25) is 0 Å². The molecule has 1 aliphatic heterocycles. The van der Waals surface area contributed by atoms with Crippen molar-refractivity contribution < 1.29 is 13.9 Å². The Bertz CT molecular complexity index is 1170. The van der Waals surface area contributed by atoms with E-state index >= 15 is 0 Å². The summed E-state index contributed by atoms with van der Waals surface area (Å²) in [5, 5.41) is 0. The first-order valence-corrected chi connectivity index (χ1v) is 10.5. The van der Waals surface area contributed by atoms with Gasteiger partial charge in [-0.3, -0.25) is 4.79 Å². The molecule has 3 fully saturated rings. The molecule has 1 aromatic carbocycles. The summed E-state index contributed by atoms with van der Waals surface area (Å²) >= 11 is 0. The molecule has 7 heteroatoms. The fourth-order valence-electron chi connectivity index (χ4n) is 5.41. The number of pyridine rings is 1. The third-order valence-corrected chi connectivity index (χ3v) is 6.99. The highest BCUT2D eigenvalue weighted by molar-refractivity contribution is 6.00. The van der Waals surface area contributed by atoms with Crippen molar-refractivity contribution in [3.05, 3.63) is 71.9 Å². The number of carbonyl (C=O) groups excluding carboxylic acids is 1. The summed E-state index contributed by atoms with van der Waals surface area (Å²) in [5.74, 6) is 0.903. The monoisotopic (exact) mass is 416 g/mol. The number of benzene rings is 1. The third-order valence-electron chi connectivity index (χ3n) is 6.99. The van der Waals surface area contributed by atoms with Gasteiger partial charge in [-0.1, -0.05) is 6.07 Å². The first kappa shape index (κ1) is 18.4. The molecule has 1 spiro atoms. The Morgan fingerprint density at radius 2 is 2.00 bits per heavy atom. The summed E-state index contributed by atoms with van der Waals surface area (Å²) in [7, 11) is 0. The van der Waals surface area contributed by atoms with Crippen LogP contribution in [0.3, 0.4) is 0 Å². The molecule has 4 unspecified atom stereocenters. The van der Waals surface area contributed by atoms with E-state index in [1.165, 1.54) is 18.2 Å². The minimum Gasteiger partial charge on any atom is -0.472 e. The van der Waals surface area contributed by atoms with Crippen molar-refractivity contribution in [2.75, 3.05) is 6.54 Å². The van der Waals surface area contributed by atoms with Gasteiger partial charge in [0.25, 0.3) is 5.91 Å². The van der Waals surface area contributed by atoms with E-state index in [1.54, 1.807) is 24.7 Å². The van der Waals surface area contributed by atoms with Crippen molar-refractivity contribution in [3.8, 4) is 17.3 Å². The molecule has 0 radical (unpaired) electrons. The number of aromatic nitrogens is 3. The maximum absolute atomic E-state index is 14.0. The van der Waals surface area contributed by atoms with Crippen LogP contribution in [-0.2, 0) is 0 Å². The predicted octanol–water partition coefficient (Wildman–Crippen LogP) is 3.67. The summed E-state index contributed by atoms with van der Waals surface area (Å²) in [6.45, 7) is 2.69. The molecule has 6 rings (SSSR count). The van der Waals surface area contributed by atoms with Gasteiger partial charge in [0, 0.05) is 42.2 Å². The lowest BCUT2D eigenvalue weighted by atomic mass is 9.73. The minimum atomic E-state index is -0.421. The van der Waals surface area contributed by atoms with Crippen LogP contribution in [-0.4, -0.2) is 44.4 Å². The van der Waals surface area contributed by atoms with Crippen LogP contribution in [0.25, 0.3) is 11.4 Å². The quantitative estimate of drug-likeness (QED) is 0.649. The van der Waals surface area contributed by atoms with Crippen LogP contribution in [0.15, 0.2) is 55.0 Å². The van der Waals surface area contributed by atoms with Gasteiger partial charge in [-0.05, 0) is 55.5 Å². The Hall–Kier alpha value is -3.35. The molecule has 1 saturated heterocycles. The average molecular weight is 416 g/mol. The number of hydrogen-bond acceptors (Lipinski definition) is 5. The van der Waals surface area contributed by atoms with Crippen LogP contribution in [0.1, 0.15) is 28.8 Å². The minimum absolute atomic E-state index is 0.0164. The van der Waals surface area contributed by atoms with Gasteiger partial charge in [0.15, 0.2) is 5.82 Å². The van der Waals surface area contributed by atoms with E-state index in [1.807, 2.05) is 24.0 Å². The molecule has 156 valence electrons. The van der Waals surface area contributed by atoms with Crippen molar-refractivity contribution in [2.24, 2.45) is 11.3 Å². The molecular weight excluding hydrogens is 395 g/mol. The van der Waals surface area contributed by atoms with Gasteiger partial charge in [-0.25, -0.2) is 19.3 Å². The van der Waals surface area contributed by atoms with E-state index in [0.717, 1.165) is 18.4 Å². The zero-order valence-electron chi connectivity index (χ0n) is 17.0. The number of piperidine rings is 1. The maximum atomic E-state index is 14.0. The van der Waals surface area contributed by atoms with Crippen LogP contribution in [0.4, 0.5) is 4.39 Å². The molecule has 0 N–H and O–H groups in total. The van der Waals surface area contributed by atoms with Gasteiger partial charge in [0.05, 0.1) is 11.6 Å². The molecule has 4 atom stereocenters. The van der Waals surface area contributed by atoms with Gasteiger partial charge >= 0.3 is 0 Å². The average Bonchev–Trinajstić information content (AvgIpc) is 3.43. The molecular formula is C24H21FN4O2. The van der Waals surface area contributed by atoms with E-state index in [4.69, 9.17) is 4.74 Å². The lowest BCUT2D eigenvalue weighted by molar-refractivity contribution is -0.0345. The van der Waals surface area contributed by atoms with E-state index in [9.17, 15) is 9.18 Å². The van der Waals surface area contributed by atoms with E-state index in [-0.39, 0.29) is 23.5 Å². The Labute approximate surface area is 179 Å². The van der Waals surface area contributed by atoms with Crippen molar-refractivity contribution >= 4 is 5.91 Å². The Morgan fingerprint density at radius 1 is 1.16 bits per heavy atom. The van der Waals surface area contributed by atoms with Gasteiger partial charge in [0.2, 0.25) is 5.88 Å². The molecule has 3 aromatic rings. The van der Waals surface area contributed by atoms with Gasteiger partial charge < -0.3 is 9.64 Å². The van der Waals surface area contributed by atoms with Crippen molar-refractivity contribution in [2.45, 2.75) is 31.9 Å². The largest absolute Gasteiger partial charge is 0.472 e. The summed E-state index contributed by atoms with van der Waals surface area (Å²) < 4.78 is 20.2. The lowest BCUT2D eigenvalue weighted by Crippen LogP contribution is -2.59. The number of amides is 1. The molecule has 1 amide bonds. The fraction of sp³-hybridized carbons (Fsp3) is 0.333. The standard InChI is InChI=1S/C24H21FN4O2/c1-14-3-6-20(28-12-14)31-19-11-24-10-15(24)13-29(21(19)24)23(30)17-5-4-16(25)9-18(17)22-26-7-2-8-27-22/h2-9,12,15,19,21H,10-11,13H2,1H3. The third kappa shape index (κ3) is 2.83. The SMILES string of the molecule is Cc1ccc(OC2CC34CC3CN(C(=O)c3ccc(F)cc3-c3ncccn3)C24)nc1.